The molecule has 2 aliphatic carbocycles. The van der Waals surface area contributed by atoms with E-state index < -0.39 is 0 Å². The lowest BCUT2D eigenvalue weighted by Crippen LogP contribution is -2.37. The van der Waals surface area contributed by atoms with Crippen LogP contribution in [0.4, 0.5) is 0 Å². The lowest BCUT2D eigenvalue weighted by atomic mass is 9.87. The molecule has 2 heteroatoms. The second kappa shape index (κ2) is 6.75. The Bertz CT molecular complexity index is 211. The maximum atomic E-state index is 6.30. The van der Waals surface area contributed by atoms with Gasteiger partial charge in [0, 0.05) is 6.04 Å². The highest BCUT2D eigenvalue weighted by Crippen LogP contribution is 2.29. The van der Waals surface area contributed by atoms with Gasteiger partial charge in [-0.2, -0.15) is 0 Å². The minimum absolute atomic E-state index is 0.556. The van der Waals surface area contributed by atoms with E-state index in [1.165, 1.54) is 51.4 Å². The Kier molecular flexibility index (Phi) is 5.30. The predicted molar refractivity (Wildman–Crippen MR) is 72.2 cm³/mol. The molecule has 2 nitrogen and oxygen atoms in total. The monoisotopic (exact) mass is 239 g/mol. The number of ether oxygens (including phenoxy) is 1. The molecule has 0 saturated heterocycles. The van der Waals surface area contributed by atoms with Crippen LogP contribution < -0.4 is 5.32 Å². The van der Waals surface area contributed by atoms with Crippen LogP contribution in [0.15, 0.2) is 0 Å². The Morgan fingerprint density at radius 2 is 1.76 bits per heavy atom. The van der Waals surface area contributed by atoms with Crippen molar-refractivity contribution in [2.45, 2.75) is 83.5 Å². The van der Waals surface area contributed by atoms with E-state index in [1.54, 1.807) is 0 Å². The molecule has 0 aromatic carbocycles. The average Bonchev–Trinajstić information content (AvgIpc) is 2.32. The van der Waals surface area contributed by atoms with Crippen molar-refractivity contribution in [2.24, 2.45) is 5.92 Å². The molecule has 2 atom stereocenters. The fraction of sp³-hybridized carbons (Fsp3) is 1.00. The summed E-state index contributed by atoms with van der Waals surface area (Å²) < 4.78 is 6.30. The van der Waals surface area contributed by atoms with Gasteiger partial charge in [0.05, 0.1) is 12.2 Å². The maximum Gasteiger partial charge on any atom is 0.0581 e. The number of nitrogens with one attached hydrogen (secondary N) is 1. The zero-order chi connectivity index (χ0) is 12.1. The molecule has 2 saturated carbocycles. The Labute approximate surface area is 107 Å². The van der Waals surface area contributed by atoms with Crippen LogP contribution in [0.2, 0.25) is 0 Å². The Morgan fingerprint density at radius 1 is 1.00 bits per heavy atom. The second-order valence-corrected chi connectivity index (χ2v) is 6.06. The molecule has 2 aliphatic rings. The molecular formula is C15H29NO. The van der Waals surface area contributed by atoms with Gasteiger partial charge in [-0.05, 0) is 51.0 Å². The van der Waals surface area contributed by atoms with Gasteiger partial charge in [-0.3, -0.25) is 0 Å². The van der Waals surface area contributed by atoms with Crippen LogP contribution in [0.25, 0.3) is 0 Å². The lowest BCUT2D eigenvalue weighted by Gasteiger charge is -2.34. The summed E-state index contributed by atoms with van der Waals surface area (Å²) in [7, 11) is 0. The lowest BCUT2D eigenvalue weighted by molar-refractivity contribution is -0.0556. The number of rotatable bonds is 4. The van der Waals surface area contributed by atoms with Crippen molar-refractivity contribution in [3.05, 3.63) is 0 Å². The highest BCUT2D eigenvalue weighted by molar-refractivity contribution is 4.79. The van der Waals surface area contributed by atoms with E-state index in [0.717, 1.165) is 18.5 Å². The first-order chi connectivity index (χ1) is 8.28. The maximum absolute atomic E-state index is 6.30. The Morgan fingerprint density at radius 3 is 2.41 bits per heavy atom. The number of hydrogen-bond donors (Lipinski definition) is 1. The molecule has 0 amide bonds. The molecule has 2 fully saturated rings. The molecule has 0 spiro atoms. The average molecular weight is 239 g/mol. The van der Waals surface area contributed by atoms with Crippen LogP contribution in [0, 0.1) is 5.92 Å². The third kappa shape index (κ3) is 4.26. The van der Waals surface area contributed by atoms with E-state index >= 15 is 0 Å². The fourth-order valence-electron chi connectivity index (χ4n) is 3.47. The predicted octanol–water partition coefficient (Wildman–Crippen LogP) is 3.50. The van der Waals surface area contributed by atoms with Crippen molar-refractivity contribution in [2.75, 3.05) is 6.54 Å². The van der Waals surface area contributed by atoms with E-state index in [4.69, 9.17) is 4.74 Å². The summed E-state index contributed by atoms with van der Waals surface area (Å²) >= 11 is 0. The Hall–Kier alpha value is -0.0800. The number of hydrogen-bond acceptors (Lipinski definition) is 2. The van der Waals surface area contributed by atoms with Crippen molar-refractivity contribution < 1.29 is 4.74 Å². The molecule has 100 valence electrons. The molecule has 2 unspecified atom stereocenters. The van der Waals surface area contributed by atoms with Crippen molar-refractivity contribution in [3.63, 3.8) is 0 Å². The summed E-state index contributed by atoms with van der Waals surface area (Å²) in [6.45, 7) is 5.68. The SMILES string of the molecule is CCNC1CCC(OC2CCCC(C)C2)CC1. The van der Waals surface area contributed by atoms with Gasteiger partial charge in [0.1, 0.15) is 0 Å². The summed E-state index contributed by atoms with van der Waals surface area (Å²) in [4.78, 5) is 0. The van der Waals surface area contributed by atoms with Crippen molar-refractivity contribution >= 4 is 0 Å². The Balaban J connectivity index is 1.67. The topological polar surface area (TPSA) is 21.3 Å². The van der Waals surface area contributed by atoms with E-state index in [-0.39, 0.29) is 0 Å². The smallest absolute Gasteiger partial charge is 0.0581 e. The summed E-state index contributed by atoms with van der Waals surface area (Å²) in [5.74, 6) is 0.881. The normalized spacial score (nSPS) is 39.2. The largest absolute Gasteiger partial charge is 0.375 e. The third-order valence-corrected chi connectivity index (χ3v) is 4.44. The minimum atomic E-state index is 0.556. The molecule has 0 bridgehead atoms. The van der Waals surface area contributed by atoms with Crippen LogP contribution in [0.5, 0.6) is 0 Å². The third-order valence-electron chi connectivity index (χ3n) is 4.44. The summed E-state index contributed by atoms with van der Waals surface area (Å²) in [6, 6.07) is 0.755. The van der Waals surface area contributed by atoms with Gasteiger partial charge in [-0.15, -0.1) is 0 Å². The van der Waals surface area contributed by atoms with Crippen LogP contribution in [0.1, 0.15) is 65.2 Å². The van der Waals surface area contributed by atoms with E-state index in [2.05, 4.69) is 19.2 Å². The van der Waals surface area contributed by atoms with Crippen molar-refractivity contribution in [1.82, 2.24) is 5.32 Å². The highest BCUT2D eigenvalue weighted by atomic mass is 16.5. The molecule has 0 radical (unpaired) electrons. The quantitative estimate of drug-likeness (QED) is 0.810. The second-order valence-electron chi connectivity index (χ2n) is 6.06. The summed E-state index contributed by atoms with van der Waals surface area (Å²) in [5.41, 5.74) is 0. The molecular weight excluding hydrogens is 210 g/mol. The molecule has 1 N–H and O–H groups in total. The first-order valence-electron chi connectivity index (χ1n) is 7.66. The van der Waals surface area contributed by atoms with Gasteiger partial charge in [0.2, 0.25) is 0 Å². The van der Waals surface area contributed by atoms with Crippen LogP contribution in [-0.4, -0.2) is 24.8 Å². The van der Waals surface area contributed by atoms with Gasteiger partial charge in [-0.25, -0.2) is 0 Å². The van der Waals surface area contributed by atoms with Crippen molar-refractivity contribution in [1.29, 1.82) is 0 Å². The van der Waals surface area contributed by atoms with Gasteiger partial charge < -0.3 is 10.1 Å². The fourth-order valence-corrected chi connectivity index (χ4v) is 3.47. The van der Waals surface area contributed by atoms with E-state index in [1.807, 2.05) is 0 Å². The molecule has 0 aliphatic heterocycles. The van der Waals surface area contributed by atoms with E-state index in [9.17, 15) is 0 Å². The standard InChI is InChI=1S/C15H29NO/c1-3-16-13-7-9-14(10-8-13)17-15-6-4-5-12(2)11-15/h12-16H,3-11H2,1-2H3. The first kappa shape index (κ1) is 13.4. The van der Waals surface area contributed by atoms with Gasteiger partial charge in [0.25, 0.3) is 0 Å². The van der Waals surface area contributed by atoms with Gasteiger partial charge >= 0.3 is 0 Å². The van der Waals surface area contributed by atoms with Crippen LogP contribution in [0.3, 0.4) is 0 Å². The van der Waals surface area contributed by atoms with Gasteiger partial charge in [-0.1, -0.05) is 26.7 Å². The summed E-state index contributed by atoms with van der Waals surface area (Å²) in [5, 5.41) is 3.56. The zero-order valence-electron chi connectivity index (χ0n) is 11.6. The van der Waals surface area contributed by atoms with Crippen LogP contribution in [-0.2, 0) is 4.74 Å². The molecule has 0 heterocycles. The van der Waals surface area contributed by atoms with Crippen LogP contribution >= 0.6 is 0 Å². The minimum Gasteiger partial charge on any atom is -0.375 e. The van der Waals surface area contributed by atoms with Crippen molar-refractivity contribution in [3.8, 4) is 0 Å². The molecule has 0 aromatic rings. The molecule has 0 aromatic heterocycles. The molecule has 17 heavy (non-hydrogen) atoms. The summed E-state index contributed by atoms with van der Waals surface area (Å²) in [6.07, 6.45) is 11.7. The first-order valence-corrected chi connectivity index (χ1v) is 7.66. The molecule has 2 rings (SSSR count). The van der Waals surface area contributed by atoms with Gasteiger partial charge in [0.15, 0.2) is 0 Å². The highest BCUT2D eigenvalue weighted by Gasteiger charge is 2.26. The zero-order valence-corrected chi connectivity index (χ0v) is 11.6. The van der Waals surface area contributed by atoms with E-state index in [0.29, 0.717) is 12.2 Å².